The molecule has 556 valence electrons. The second-order valence-electron chi connectivity index (χ2n) is 28.0. The monoisotopic (exact) mass is 1440 g/mol. The minimum Gasteiger partial charge on any atom is -0.443 e. The molecule has 1 N–H and O–H groups in total. The maximum atomic E-state index is 15.3. The van der Waals surface area contributed by atoms with Crippen molar-refractivity contribution in [3.05, 3.63) is 197 Å². The molecule has 0 aliphatic carbocycles. The molecule has 7 aromatic rings. The van der Waals surface area contributed by atoms with E-state index in [1.165, 1.54) is 25.1 Å². The molecular weight excluding hydrogens is 1350 g/mol. The molecule has 7 rings (SSSR count). The van der Waals surface area contributed by atoms with Crippen LogP contribution in [0.25, 0.3) is 23.2 Å². The minimum atomic E-state index is -5.04. The first-order valence-corrected chi connectivity index (χ1v) is 32.9. The molecule has 28 heteroatoms. The number of ether oxygens (including phenoxy) is 7. The molecule has 103 heavy (non-hydrogen) atoms. The van der Waals surface area contributed by atoms with Crippen molar-refractivity contribution >= 4 is 35.7 Å². The normalized spacial score (nSPS) is 13.6. The first-order chi connectivity index (χ1) is 48.0. The van der Waals surface area contributed by atoms with Crippen molar-refractivity contribution < 1.29 is 87.5 Å². The van der Waals surface area contributed by atoms with E-state index in [-0.39, 0.29) is 41.4 Å². The summed E-state index contributed by atoms with van der Waals surface area (Å²) in [7, 11) is 0. The minimum absolute atomic E-state index is 0.0485. The van der Waals surface area contributed by atoms with Crippen molar-refractivity contribution in [1.29, 1.82) is 0 Å². The molecule has 0 aliphatic heterocycles. The summed E-state index contributed by atoms with van der Waals surface area (Å²) >= 11 is 0. The molecule has 0 saturated heterocycles. The first kappa shape index (κ1) is 82.2. The molecule has 0 unspecified atom stereocenters. The van der Waals surface area contributed by atoms with Crippen molar-refractivity contribution in [2.75, 3.05) is 16.4 Å². The second kappa shape index (κ2) is 34.4. The Balaban J connectivity index is 0.000000334. The Labute approximate surface area is 594 Å². The number of aromatic nitrogens is 6. The van der Waals surface area contributed by atoms with Gasteiger partial charge >= 0.3 is 36.7 Å². The lowest BCUT2D eigenvalue weighted by molar-refractivity contribution is -0.299. The van der Waals surface area contributed by atoms with Crippen LogP contribution in [0.5, 0.6) is 0 Å². The summed E-state index contributed by atoms with van der Waals surface area (Å²) in [6, 6.07) is 28.9. The van der Waals surface area contributed by atoms with E-state index in [0.717, 1.165) is 11.6 Å². The number of carbonyl (C=O) groups is 4. The van der Waals surface area contributed by atoms with Gasteiger partial charge in [-0.05, 0) is 176 Å². The van der Waals surface area contributed by atoms with Crippen LogP contribution >= 0.6 is 0 Å². The molecule has 3 aromatic carbocycles. The molecule has 4 heterocycles. The zero-order chi connectivity index (χ0) is 76.5. The van der Waals surface area contributed by atoms with Gasteiger partial charge in [-0.3, -0.25) is 4.79 Å². The van der Waals surface area contributed by atoms with Gasteiger partial charge in [0.1, 0.15) is 28.1 Å². The van der Waals surface area contributed by atoms with Crippen LogP contribution in [0.4, 0.5) is 56.9 Å². The lowest BCUT2D eigenvalue weighted by atomic mass is 9.96. The summed E-state index contributed by atoms with van der Waals surface area (Å²) in [5.41, 5.74) is -9.37. The average Bonchev–Trinajstić information content (AvgIpc) is 1.69. The van der Waals surface area contributed by atoms with E-state index in [1.807, 2.05) is 30.3 Å². The molecule has 4 aromatic heterocycles. The number of aryl methyl sites for hydroxylation is 2. The number of rotatable bonds is 26. The van der Waals surface area contributed by atoms with Crippen LogP contribution in [0.15, 0.2) is 155 Å². The Kier molecular flexibility index (Phi) is 27.5. The number of nitrogens with zero attached hydrogens (tertiary/aromatic N) is 7. The number of hydrogen-bond acceptors (Lipinski definition) is 19. The van der Waals surface area contributed by atoms with Crippen molar-refractivity contribution in [3.8, 4) is 23.2 Å². The maximum Gasteiger partial charge on any atom is 0.426 e. The van der Waals surface area contributed by atoms with Crippen molar-refractivity contribution in [1.82, 2.24) is 30.4 Å². The summed E-state index contributed by atoms with van der Waals surface area (Å²) in [5, 5.41) is 15.4. The molecule has 22 nitrogen and oxygen atoms in total. The van der Waals surface area contributed by atoms with E-state index in [9.17, 15) is 37.1 Å². The number of aromatic amines is 1. The third-order valence-electron chi connectivity index (χ3n) is 14.7. The van der Waals surface area contributed by atoms with Gasteiger partial charge in [0, 0.05) is 11.3 Å². The molecule has 0 fully saturated rings. The van der Waals surface area contributed by atoms with E-state index < -0.39 is 131 Å². The molecule has 0 saturated carbocycles. The van der Waals surface area contributed by atoms with Gasteiger partial charge in [0.2, 0.25) is 11.2 Å². The van der Waals surface area contributed by atoms with Gasteiger partial charge in [-0.25, -0.2) is 24.2 Å². The smallest absolute Gasteiger partial charge is 0.426 e. The van der Waals surface area contributed by atoms with Gasteiger partial charge < -0.3 is 47.0 Å². The van der Waals surface area contributed by atoms with Crippen LogP contribution in [-0.2, 0) is 70.6 Å². The number of allylic oxidation sites excluding steroid dienone is 3. The Morgan fingerprint density at radius 3 is 1.29 bits per heavy atom. The number of hydrogen-bond donors (Lipinski definition) is 1. The van der Waals surface area contributed by atoms with Crippen LogP contribution in [0.1, 0.15) is 160 Å². The summed E-state index contributed by atoms with van der Waals surface area (Å²) in [6.45, 7) is 33.1. The molecule has 0 aliphatic rings. The highest BCUT2D eigenvalue weighted by atomic mass is 19.4. The highest BCUT2D eigenvalue weighted by molar-refractivity contribution is 6.12. The Bertz CT molecular complexity index is 4020. The number of anilines is 2. The molecule has 0 radical (unpaired) electrons. The third kappa shape index (κ3) is 22.8. The van der Waals surface area contributed by atoms with E-state index in [2.05, 4.69) is 45.1 Å². The third-order valence-corrected chi connectivity index (χ3v) is 14.7. The summed E-state index contributed by atoms with van der Waals surface area (Å²) in [4.78, 5) is 75.7. The molecule has 0 spiro atoms. The Hall–Kier alpha value is -9.80. The Morgan fingerprint density at radius 1 is 0.524 bits per heavy atom. The number of H-pyrrole nitrogens is 1. The van der Waals surface area contributed by atoms with E-state index in [0.29, 0.717) is 58.2 Å². The zero-order valence-electron chi connectivity index (χ0n) is 60.4. The van der Waals surface area contributed by atoms with Gasteiger partial charge in [0.15, 0.2) is 5.69 Å². The number of carbonyl (C=O) groups excluding carboxylic acids is 4. The van der Waals surface area contributed by atoms with Crippen LogP contribution in [-0.4, -0.2) is 96.1 Å². The number of alkyl halides is 6. The Morgan fingerprint density at radius 2 is 0.903 bits per heavy atom. The predicted molar refractivity (Wildman–Crippen MR) is 372 cm³/mol. The zero-order valence-corrected chi connectivity index (χ0v) is 60.4. The summed E-state index contributed by atoms with van der Waals surface area (Å²) in [5.74, 6) is -3.15. The van der Waals surface area contributed by atoms with Gasteiger partial charge in [-0.1, -0.05) is 109 Å². The SMILES string of the molecule is C=CCC[C@@](OCc1ccccc1)(c1nnc(-c2[nH]c(=O)c(C)cc2N(C(=O)OC(C)(C)C)C(=O)OC(C)(C)C)o1)C(F)(F)F.C=CCC[C@@](OCc1ccccc1)(c1nnc(-c2nc(C[C@@H](CC=C)COCc3ccccc3)c(C)cc2N(C(=O)OC(C)(C)C)C(=O)OC(C)(C)C)o1)C(F)(F)F. The van der Waals surface area contributed by atoms with E-state index in [1.54, 1.807) is 157 Å². The quantitative estimate of drug-likeness (QED) is 0.0300. The topological polar surface area (TPSA) is 263 Å². The fraction of sp³-hybridized carbons (Fsp3) is 0.440. The first-order valence-electron chi connectivity index (χ1n) is 32.9. The number of pyridine rings is 2. The van der Waals surface area contributed by atoms with Crippen LogP contribution < -0.4 is 15.4 Å². The lowest BCUT2D eigenvalue weighted by Crippen LogP contribution is -2.45. The maximum absolute atomic E-state index is 15.3. The number of halogens is 6. The molecule has 4 amide bonds. The van der Waals surface area contributed by atoms with Crippen molar-refractivity contribution in [2.45, 2.75) is 201 Å². The second-order valence-corrected chi connectivity index (χ2v) is 28.0. The fourth-order valence-corrected chi connectivity index (χ4v) is 9.85. The van der Waals surface area contributed by atoms with E-state index in [4.69, 9.17) is 47.0 Å². The van der Waals surface area contributed by atoms with Crippen molar-refractivity contribution in [3.63, 3.8) is 0 Å². The standard InChI is InChI=1S/C44H53F3N4O7.C31H37F3N4O7/c1-10-12-24-43(44(45,46)47,55-29-32-22-17-14-18-23-32)38-50-49-37(56-38)36-35(51(39(52)57-41(4,5)6)40(53)58-42(7,8)9)25-30(3)34(48-36)26-33(19-11-2)28-54-27-31-20-15-13-16-21-31;1-9-10-16-30(31(32,33)34,42-18-20-14-12-11-13-15-20)25-37-36-24(43-25)22-21(17-19(2)23(39)35-22)38(26(40)44-28(3,4)5)27(41)45-29(6,7)8/h10-11,13-18,20-23,25,33H,1-2,12,19,24,26-29H2,3-9H3;9,11-15,17H,1,10,16,18H2,2-8H3,(H,35,39)/t33-,43-;30-/m11/s1. The number of benzene rings is 3. The summed E-state index contributed by atoms with van der Waals surface area (Å²) in [6.07, 6.45) is -11.0. The van der Waals surface area contributed by atoms with Crippen molar-refractivity contribution in [2.24, 2.45) is 5.92 Å². The molecular formula is C75H90F6N8O14. The average molecular weight is 1440 g/mol. The number of imide groups is 2. The van der Waals surface area contributed by atoms with E-state index >= 15 is 13.2 Å². The molecule has 0 bridgehead atoms. The fourth-order valence-electron chi connectivity index (χ4n) is 9.85. The number of nitrogens with one attached hydrogen (secondary N) is 1. The highest BCUT2D eigenvalue weighted by Crippen LogP contribution is 2.49. The van der Waals surface area contributed by atoms with Crippen LogP contribution in [0, 0.1) is 19.8 Å². The van der Waals surface area contributed by atoms with Gasteiger partial charge in [0.05, 0.1) is 37.8 Å². The van der Waals surface area contributed by atoms with Gasteiger partial charge in [-0.15, -0.1) is 40.1 Å². The largest absolute Gasteiger partial charge is 0.443 e. The summed E-state index contributed by atoms with van der Waals surface area (Å²) < 4.78 is 142. The predicted octanol–water partition coefficient (Wildman–Crippen LogP) is 18.4. The van der Waals surface area contributed by atoms with Crippen LogP contribution in [0.2, 0.25) is 0 Å². The highest BCUT2D eigenvalue weighted by Gasteiger charge is 2.62. The van der Waals surface area contributed by atoms with Gasteiger partial charge in [-0.2, -0.15) is 36.1 Å². The molecule has 3 atom stereocenters. The lowest BCUT2D eigenvalue weighted by Gasteiger charge is -2.32. The van der Waals surface area contributed by atoms with Gasteiger partial charge in [0.25, 0.3) is 29.1 Å². The van der Waals surface area contributed by atoms with Crippen LogP contribution in [0.3, 0.4) is 0 Å². The number of amides is 4.